The number of hydrogen-bond acceptors (Lipinski definition) is 4. The zero-order valence-electron chi connectivity index (χ0n) is 13.0. The Labute approximate surface area is 128 Å². The average Bonchev–Trinajstić information content (AvgIpc) is 2.96. The molecule has 2 fully saturated rings. The van der Waals surface area contributed by atoms with E-state index in [2.05, 4.69) is 24.1 Å². The Morgan fingerprint density at radius 1 is 1.30 bits per heavy atom. The highest BCUT2D eigenvalue weighted by atomic mass is 32.2. The zero-order chi connectivity index (χ0) is 14.0. The second kappa shape index (κ2) is 6.27. The van der Waals surface area contributed by atoms with E-state index in [1.54, 1.807) is 0 Å². The number of rotatable bonds is 3. The number of thioether (sulfide) groups is 1. The van der Waals surface area contributed by atoms with Gasteiger partial charge in [0.1, 0.15) is 0 Å². The van der Waals surface area contributed by atoms with Crippen LogP contribution in [0.5, 0.6) is 0 Å². The maximum Gasteiger partial charge on any atom is 0.156 e. The van der Waals surface area contributed by atoms with E-state index >= 15 is 0 Å². The van der Waals surface area contributed by atoms with Crippen LogP contribution in [0.3, 0.4) is 0 Å². The van der Waals surface area contributed by atoms with Gasteiger partial charge in [0, 0.05) is 30.9 Å². The Morgan fingerprint density at radius 2 is 2.15 bits per heavy atom. The fourth-order valence-corrected chi connectivity index (χ4v) is 5.20. The van der Waals surface area contributed by atoms with E-state index in [1.165, 1.54) is 62.5 Å². The molecule has 0 aromatic carbocycles. The van der Waals surface area contributed by atoms with E-state index < -0.39 is 0 Å². The lowest BCUT2D eigenvalue weighted by molar-refractivity contribution is 0.175. The second-order valence-corrected chi connectivity index (χ2v) is 7.78. The third-order valence-corrected chi connectivity index (χ3v) is 7.00. The zero-order valence-corrected chi connectivity index (χ0v) is 13.8. The number of nitrogens with zero attached hydrogens (tertiary/aromatic N) is 2. The molecule has 3 aliphatic heterocycles. The van der Waals surface area contributed by atoms with Crippen LogP contribution in [0.4, 0.5) is 0 Å². The lowest BCUT2D eigenvalue weighted by Gasteiger charge is -2.38. The van der Waals surface area contributed by atoms with E-state index in [-0.39, 0.29) is 0 Å². The molecule has 0 radical (unpaired) electrons. The molecule has 0 spiro atoms. The molecule has 1 N–H and O–H groups in total. The average molecular weight is 295 g/mol. The molecule has 0 saturated carbocycles. The summed E-state index contributed by atoms with van der Waals surface area (Å²) in [6.07, 6.45) is 7.95. The monoisotopic (exact) mass is 295 g/mol. The Kier molecular flexibility index (Phi) is 4.61. The minimum Gasteiger partial charge on any atom is -0.362 e. The van der Waals surface area contributed by atoms with Crippen LogP contribution in [-0.4, -0.2) is 47.5 Å². The number of amidine groups is 1. The van der Waals surface area contributed by atoms with Crippen molar-refractivity contribution in [1.29, 1.82) is 0 Å². The Hall–Kier alpha value is -0.220. The first-order chi connectivity index (χ1) is 9.74. The normalized spacial score (nSPS) is 33.6. The van der Waals surface area contributed by atoms with Crippen molar-refractivity contribution < 1.29 is 0 Å². The molecule has 114 valence electrons. The van der Waals surface area contributed by atoms with Gasteiger partial charge in [-0.1, -0.05) is 25.6 Å². The van der Waals surface area contributed by atoms with E-state index in [0.29, 0.717) is 11.5 Å². The first kappa shape index (κ1) is 14.7. The van der Waals surface area contributed by atoms with Crippen LogP contribution in [0.15, 0.2) is 4.99 Å². The minimum atomic E-state index is 0.463. The smallest absolute Gasteiger partial charge is 0.156 e. The van der Waals surface area contributed by atoms with Gasteiger partial charge in [0.05, 0.1) is 0 Å². The molecule has 3 rings (SSSR count). The standard InChI is InChI=1S/C16H29N3S/c1-3-16(4-2)11-17-15(20-12-16)18-13-7-9-19-8-5-6-14(19)10-13/h13-14H,3-12H2,1-2H3,(H,17,18). The summed E-state index contributed by atoms with van der Waals surface area (Å²) in [6, 6.07) is 1.51. The number of nitrogens with one attached hydrogen (secondary N) is 1. The predicted octanol–water partition coefficient (Wildman–Crippen LogP) is 3.11. The summed E-state index contributed by atoms with van der Waals surface area (Å²) in [5, 5.41) is 4.96. The van der Waals surface area contributed by atoms with Crippen molar-refractivity contribution in [3.63, 3.8) is 0 Å². The molecule has 4 heteroatoms. The van der Waals surface area contributed by atoms with Gasteiger partial charge in [0.15, 0.2) is 5.17 Å². The summed E-state index contributed by atoms with van der Waals surface area (Å²) < 4.78 is 0. The van der Waals surface area contributed by atoms with Crippen molar-refractivity contribution in [2.75, 3.05) is 25.4 Å². The first-order valence-electron chi connectivity index (χ1n) is 8.42. The van der Waals surface area contributed by atoms with E-state index in [0.717, 1.165) is 12.6 Å². The minimum absolute atomic E-state index is 0.463. The number of hydrogen-bond donors (Lipinski definition) is 1. The van der Waals surface area contributed by atoms with Crippen molar-refractivity contribution in [3.8, 4) is 0 Å². The lowest BCUT2D eigenvalue weighted by atomic mass is 9.84. The maximum absolute atomic E-state index is 4.86. The Morgan fingerprint density at radius 3 is 2.85 bits per heavy atom. The van der Waals surface area contributed by atoms with Gasteiger partial charge in [-0.2, -0.15) is 0 Å². The summed E-state index contributed by atoms with van der Waals surface area (Å²) in [6.45, 7) is 8.27. The molecule has 0 aliphatic carbocycles. The molecule has 0 amide bonds. The van der Waals surface area contributed by atoms with Gasteiger partial charge < -0.3 is 10.2 Å². The van der Waals surface area contributed by atoms with Crippen LogP contribution < -0.4 is 5.32 Å². The van der Waals surface area contributed by atoms with E-state index in [9.17, 15) is 0 Å². The quantitative estimate of drug-likeness (QED) is 0.867. The molecule has 3 aliphatic rings. The summed E-state index contributed by atoms with van der Waals surface area (Å²) in [5.41, 5.74) is 0.463. The molecule has 0 aromatic heterocycles. The summed E-state index contributed by atoms with van der Waals surface area (Å²) in [5.74, 6) is 1.24. The van der Waals surface area contributed by atoms with Gasteiger partial charge >= 0.3 is 0 Å². The van der Waals surface area contributed by atoms with Gasteiger partial charge in [0.2, 0.25) is 0 Å². The number of fused-ring (bicyclic) bond motifs is 1. The third-order valence-electron chi connectivity index (χ3n) is 5.72. The summed E-state index contributed by atoms with van der Waals surface area (Å²) >= 11 is 1.96. The summed E-state index contributed by atoms with van der Waals surface area (Å²) in [4.78, 5) is 7.55. The topological polar surface area (TPSA) is 27.6 Å². The van der Waals surface area contributed by atoms with Gasteiger partial charge in [-0.05, 0) is 50.5 Å². The molecule has 3 heterocycles. The number of aliphatic imine (C=N–C) groups is 1. The number of piperidine rings is 1. The van der Waals surface area contributed by atoms with Crippen LogP contribution in [0.25, 0.3) is 0 Å². The van der Waals surface area contributed by atoms with Crippen LogP contribution in [0, 0.1) is 5.41 Å². The molecule has 2 unspecified atom stereocenters. The fraction of sp³-hybridized carbons (Fsp3) is 0.938. The van der Waals surface area contributed by atoms with E-state index in [4.69, 9.17) is 4.99 Å². The van der Waals surface area contributed by atoms with Crippen molar-refractivity contribution in [2.24, 2.45) is 10.4 Å². The predicted molar refractivity (Wildman–Crippen MR) is 88.5 cm³/mol. The lowest BCUT2D eigenvalue weighted by Crippen LogP contribution is -2.47. The Balaban J connectivity index is 1.53. The van der Waals surface area contributed by atoms with E-state index in [1.807, 2.05) is 11.8 Å². The highest BCUT2D eigenvalue weighted by molar-refractivity contribution is 8.13. The van der Waals surface area contributed by atoms with Crippen molar-refractivity contribution in [2.45, 2.75) is 64.5 Å². The molecular formula is C16H29N3S. The molecular weight excluding hydrogens is 266 g/mol. The van der Waals surface area contributed by atoms with Crippen molar-refractivity contribution >= 4 is 16.9 Å². The summed E-state index contributed by atoms with van der Waals surface area (Å²) in [7, 11) is 0. The third kappa shape index (κ3) is 3.01. The van der Waals surface area contributed by atoms with Crippen LogP contribution in [-0.2, 0) is 0 Å². The SMILES string of the molecule is CCC1(CC)CN=C(NC2CCN3CCCC3C2)SC1. The van der Waals surface area contributed by atoms with Gasteiger partial charge in [-0.3, -0.25) is 4.99 Å². The first-order valence-corrected chi connectivity index (χ1v) is 9.41. The molecule has 0 bridgehead atoms. The largest absolute Gasteiger partial charge is 0.362 e. The van der Waals surface area contributed by atoms with Crippen molar-refractivity contribution in [1.82, 2.24) is 10.2 Å². The molecule has 2 atom stereocenters. The molecule has 3 nitrogen and oxygen atoms in total. The van der Waals surface area contributed by atoms with Crippen LogP contribution >= 0.6 is 11.8 Å². The maximum atomic E-state index is 4.86. The van der Waals surface area contributed by atoms with Gasteiger partial charge in [-0.15, -0.1) is 0 Å². The molecule has 20 heavy (non-hydrogen) atoms. The van der Waals surface area contributed by atoms with Crippen LogP contribution in [0.2, 0.25) is 0 Å². The van der Waals surface area contributed by atoms with Crippen LogP contribution in [0.1, 0.15) is 52.4 Å². The van der Waals surface area contributed by atoms with Gasteiger partial charge in [-0.25, -0.2) is 0 Å². The molecule has 0 aromatic rings. The fourth-order valence-electron chi connectivity index (χ4n) is 3.85. The second-order valence-electron chi connectivity index (χ2n) is 6.81. The highest BCUT2D eigenvalue weighted by Crippen LogP contribution is 2.35. The van der Waals surface area contributed by atoms with Gasteiger partial charge in [0.25, 0.3) is 0 Å². The highest BCUT2D eigenvalue weighted by Gasteiger charge is 2.34. The van der Waals surface area contributed by atoms with Crippen molar-refractivity contribution in [3.05, 3.63) is 0 Å². The molecule has 2 saturated heterocycles. The Bertz CT molecular complexity index is 365.